The number of fused-ring (bicyclic) bond motifs is 5. The van der Waals surface area contributed by atoms with E-state index in [2.05, 4.69) is 47.8 Å². The lowest BCUT2D eigenvalue weighted by Crippen LogP contribution is -2.47. The Balaban J connectivity index is 1.78. The summed E-state index contributed by atoms with van der Waals surface area (Å²) >= 11 is 0. The van der Waals surface area contributed by atoms with Gasteiger partial charge in [0.15, 0.2) is 0 Å². The van der Waals surface area contributed by atoms with E-state index in [-0.39, 0.29) is 0 Å². The van der Waals surface area contributed by atoms with E-state index < -0.39 is 28.4 Å². The van der Waals surface area contributed by atoms with Gasteiger partial charge in [0.05, 0.1) is 24.5 Å². The Morgan fingerprint density at radius 3 is 2.16 bits per heavy atom. The van der Waals surface area contributed by atoms with Gasteiger partial charge in [-0.2, -0.15) is 8.42 Å². The van der Waals surface area contributed by atoms with Crippen molar-refractivity contribution in [1.29, 1.82) is 0 Å². The average Bonchev–Trinajstić information content (AvgIpc) is 2.72. The van der Waals surface area contributed by atoms with Gasteiger partial charge in [-0.05, 0) is 57.8 Å². The van der Waals surface area contributed by atoms with E-state index in [0.717, 1.165) is 22.6 Å². The molecule has 0 heterocycles. The van der Waals surface area contributed by atoms with Gasteiger partial charge in [-0.25, -0.2) is 0 Å². The molecule has 0 saturated carbocycles. The summed E-state index contributed by atoms with van der Waals surface area (Å²) < 4.78 is 28.2. The van der Waals surface area contributed by atoms with Crippen molar-refractivity contribution >= 4 is 42.4 Å². The van der Waals surface area contributed by atoms with Gasteiger partial charge in [-0.15, -0.1) is 0 Å². The van der Waals surface area contributed by atoms with Crippen LogP contribution in [0.4, 0.5) is 0 Å². The van der Waals surface area contributed by atoms with Crippen molar-refractivity contribution in [3.8, 4) is 0 Å². The Kier molecular flexibility index (Phi) is 5.99. The molecule has 4 aromatic carbocycles. The second-order valence-electron chi connectivity index (χ2n) is 8.12. The third-order valence-electron chi connectivity index (χ3n) is 5.73. The third-order valence-corrected chi connectivity index (χ3v) is 6.39. The van der Waals surface area contributed by atoms with Gasteiger partial charge in [0.2, 0.25) is 0 Å². The molecule has 0 aromatic heterocycles. The van der Waals surface area contributed by atoms with Crippen LogP contribution in [0.1, 0.15) is 19.4 Å². The zero-order valence-corrected chi connectivity index (χ0v) is 18.7. The van der Waals surface area contributed by atoms with Crippen LogP contribution in [0.25, 0.3) is 32.3 Å². The summed E-state index contributed by atoms with van der Waals surface area (Å²) in [5.41, 5.74) is 1.08. The molecular weight excluding hydrogens is 410 g/mol. The van der Waals surface area contributed by atoms with Crippen LogP contribution < -0.4 is 5.32 Å². The number of aliphatic hydroxyl groups excluding tert-OH is 1. The molecule has 0 fully saturated rings. The molecule has 0 aliphatic rings. The molecule has 31 heavy (non-hydrogen) atoms. The Bertz CT molecular complexity index is 1350. The number of benzene rings is 4. The van der Waals surface area contributed by atoms with E-state index in [4.69, 9.17) is 4.18 Å². The minimum atomic E-state index is -3.62. The van der Waals surface area contributed by atoms with E-state index in [1.807, 2.05) is 24.3 Å². The number of rotatable bonds is 7. The average molecular weight is 438 g/mol. The Hall–Kier alpha value is -2.51. The summed E-state index contributed by atoms with van der Waals surface area (Å²) in [6.07, 6.45) is -0.475. The summed E-state index contributed by atoms with van der Waals surface area (Å²) in [5, 5.41) is 20.6. The van der Waals surface area contributed by atoms with E-state index in [1.54, 1.807) is 13.8 Å². The SMILES string of the molecule is C[C@H](O)C(NCc1cc2c3ccccc3ccc2c2ccccc12)[C@@H](C)OS(C)(=O)=O. The lowest BCUT2D eigenvalue weighted by molar-refractivity contribution is 0.0729. The first kappa shape index (κ1) is 21.7. The van der Waals surface area contributed by atoms with Gasteiger partial charge in [-0.1, -0.05) is 60.7 Å². The lowest BCUT2D eigenvalue weighted by atomic mass is 9.93. The first-order valence-electron chi connectivity index (χ1n) is 10.4. The van der Waals surface area contributed by atoms with Gasteiger partial charge in [-0.3, -0.25) is 4.18 Å². The molecule has 1 unspecified atom stereocenters. The Labute approximate surface area is 182 Å². The predicted molar refractivity (Wildman–Crippen MR) is 127 cm³/mol. The van der Waals surface area contributed by atoms with Crippen molar-refractivity contribution in [3.63, 3.8) is 0 Å². The summed E-state index contributed by atoms with van der Waals surface area (Å²) in [5.74, 6) is 0. The second-order valence-corrected chi connectivity index (χ2v) is 9.72. The van der Waals surface area contributed by atoms with E-state index in [1.165, 1.54) is 21.5 Å². The quantitative estimate of drug-likeness (QED) is 0.332. The molecular formula is C25H27NO4S. The van der Waals surface area contributed by atoms with E-state index >= 15 is 0 Å². The molecule has 0 amide bonds. The van der Waals surface area contributed by atoms with Crippen molar-refractivity contribution in [1.82, 2.24) is 5.32 Å². The number of aliphatic hydroxyl groups is 1. The normalized spacial score (nSPS) is 15.4. The van der Waals surface area contributed by atoms with Crippen molar-refractivity contribution < 1.29 is 17.7 Å². The Morgan fingerprint density at radius 1 is 0.871 bits per heavy atom. The van der Waals surface area contributed by atoms with Crippen molar-refractivity contribution in [2.45, 2.75) is 38.6 Å². The number of hydrogen-bond acceptors (Lipinski definition) is 5. The van der Waals surface area contributed by atoms with E-state index in [9.17, 15) is 13.5 Å². The molecule has 3 atom stereocenters. The first-order chi connectivity index (χ1) is 14.7. The molecule has 0 aliphatic heterocycles. The minimum absolute atomic E-state index is 0.465. The largest absolute Gasteiger partial charge is 0.392 e. The molecule has 0 spiro atoms. The highest BCUT2D eigenvalue weighted by molar-refractivity contribution is 7.86. The topological polar surface area (TPSA) is 75.6 Å². The Morgan fingerprint density at radius 2 is 1.48 bits per heavy atom. The maximum Gasteiger partial charge on any atom is 0.264 e. The molecule has 0 aliphatic carbocycles. The zero-order chi connectivity index (χ0) is 22.2. The van der Waals surface area contributed by atoms with Crippen molar-refractivity contribution in [2.75, 3.05) is 6.26 Å². The van der Waals surface area contributed by atoms with Crippen LogP contribution in [0.3, 0.4) is 0 Å². The maximum atomic E-state index is 11.6. The van der Waals surface area contributed by atoms with Crippen LogP contribution in [-0.2, 0) is 20.8 Å². The highest BCUT2D eigenvalue weighted by Gasteiger charge is 2.26. The van der Waals surface area contributed by atoms with Crippen LogP contribution in [-0.4, -0.2) is 38.0 Å². The number of nitrogens with one attached hydrogen (secondary N) is 1. The molecule has 0 bridgehead atoms. The maximum absolute atomic E-state index is 11.6. The fourth-order valence-electron chi connectivity index (χ4n) is 4.37. The molecule has 5 nitrogen and oxygen atoms in total. The zero-order valence-electron chi connectivity index (χ0n) is 17.9. The van der Waals surface area contributed by atoms with Gasteiger partial charge >= 0.3 is 0 Å². The molecule has 6 heteroatoms. The summed E-state index contributed by atoms with van der Waals surface area (Å²) in [6, 6.07) is 22.5. The van der Waals surface area contributed by atoms with Crippen molar-refractivity contribution in [2.24, 2.45) is 0 Å². The molecule has 0 radical (unpaired) electrons. The van der Waals surface area contributed by atoms with Crippen LogP contribution in [0.15, 0.2) is 66.7 Å². The second kappa shape index (κ2) is 8.55. The van der Waals surface area contributed by atoms with Crippen LogP contribution in [0.5, 0.6) is 0 Å². The molecule has 4 aromatic rings. The minimum Gasteiger partial charge on any atom is -0.392 e. The molecule has 4 rings (SSSR count). The van der Waals surface area contributed by atoms with Crippen molar-refractivity contribution in [3.05, 3.63) is 72.3 Å². The van der Waals surface area contributed by atoms with Crippen LogP contribution in [0.2, 0.25) is 0 Å². The van der Waals surface area contributed by atoms with E-state index in [0.29, 0.717) is 6.54 Å². The highest BCUT2D eigenvalue weighted by Crippen LogP contribution is 2.33. The van der Waals surface area contributed by atoms with Gasteiger partial charge in [0.1, 0.15) is 0 Å². The van der Waals surface area contributed by atoms with Gasteiger partial charge in [0.25, 0.3) is 10.1 Å². The first-order valence-corrected chi connectivity index (χ1v) is 12.2. The highest BCUT2D eigenvalue weighted by atomic mass is 32.2. The van der Waals surface area contributed by atoms with Gasteiger partial charge in [0, 0.05) is 6.54 Å². The molecule has 2 N–H and O–H groups in total. The summed E-state index contributed by atoms with van der Waals surface area (Å²) in [6.45, 7) is 3.75. The molecule has 0 saturated heterocycles. The third kappa shape index (κ3) is 4.57. The summed E-state index contributed by atoms with van der Waals surface area (Å²) in [7, 11) is -3.62. The molecule has 162 valence electrons. The standard InChI is InChI=1S/C25H27NO4S/c1-16(27)25(17(2)30-31(3,28)29)26-15-19-14-24-20-9-5-4-8-18(20)12-13-23(24)22-11-7-6-10-21(19)22/h4-14,16-17,25-27H,15H2,1-3H3/t16-,17+,25?/m0/s1. The van der Waals surface area contributed by atoms with Crippen LogP contribution >= 0.6 is 0 Å². The number of hydrogen-bond donors (Lipinski definition) is 2. The fraction of sp³-hybridized carbons (Fsp3) is 0.280. The lowest BCUT2D eigenvalue weighted by Gasteiger charge is -2.27. The fourth-order valence-corrected chi connectivity index (χ4v) is 5.05. The summed E-state index contributed by atoms with van der Waals surface area (Å²) in [4.78, 5) is 0. The smallest absolute Gasteiger partial charge is 0.264 e. The predicted octanol–water partition coefficient (Wildman–Crippen LogP) is 4.35. The monoisotopic (exact) mass is 437 g/mol. The van der Waals surface area contributed by atoms with Gasteiger partial charge < -0.3 is 10.4 Å². The van der Waals surface area contributed by atoms with Crippen LogP contribution in [0, 0.1) is 0 Å².